The molecule has 0 aliphatic heterocycles. The fraction of sp³-hybridized carbons (Fsp3) is 0.286. The molecule has 0 bridgehead atoms. The maximum Gasteiger partial charge on any atom is 0.331 e. The lowest BCUT2D eigenvalue weighted by Crippen LogP contribution is -1.97. The van der Waals surface area contributed by atoms with Crippen LogP contribution in [0.3, 0.4) is 0 Å². The number of carboxylic acids is 1. The number of allylic oxidation sites excluding steroid dienone is 2. The van der Waals surface area contributed by atoms with Crippen LogP contribution in [0.15, 0.2) is 17.2 Å². The summed E-state index contributed by atoms with van der Waals surface area (Å²) in [6.07, 6.45) is 1.28. The molecular weight excluding hydrogens is 116 g/mol. The van der Waals surface area contributed by atoms with Crippen LogP contribution in [0.4, 0.5) is 0 Å². The minimum atomic E-state index is -0.922. The van der Waals surface area contributed by atoms with E-state index in [9.17, 15) is 4.79 Å². The van der Waals surface area contributed by atoms with Crippen molar-refractivity contribution >= 4 is 5.97 Å². The van der Waals surface area contributed by atoms with Gasteiger partial charge in [-0.25, -0.2) is 4.79 Å². The van der Waals surface area contributed by atoms with Gasteiger partial charge in [-0.1, -0.05) is 12.7 Å². The van der Waals surface area contributed by atoms with Crippen LogP contribution >= 0.6 is 0 Å². The van der Waals surface area contributed by atoms with Gasteiger partial charge in [0.05, 0.1) is 0 Å². The van der Waals surface area contributed by atoms with E-state index in [1.165, 1.54) is 13.0 Å². The Morgan fingerprint density at radius 3 is 2.11 bits per heavy atom. The summed E-state index contributed by atoms with van der Waals surface area (Å²) in [5.74, 6) is -0.922. The van der Waals surface area contributed by atoms with Gasteiger partial charge in [0, 0.05) is 5.57 Å². The Kier molecular flexibility index (Phi) is 2.71. The van der Waals surface area contributed by atoms with Gasteiger partial charge in [-0.05, 0) is 19.4 Å². The first-order chi connectivity index (χ1) is 4.09. The summed E-state index contributed by atoms with van der Waals surface area (Å²) in [4.78, 5) is 10.2. The van der Waals surface area contributed by atoms with E-state index in [2.05, 4.69) is 0 Å². The van der Waals surface area contributed by atoms with Gasteiger partial charge in [-0.15, -0.1) is 0 Å². The minimum absolute atomic E-state index is 0.289. The van der Waals surface area contributed by atoms with Crippen molar-refractivity contribution in [2.24, 2.45) is 0 Å². The summed E-state index contributed by atoms with van der Waals surface area (Å²) in [5, 5.41) is 8.35. The smallest absolute Gasteiger partial charge is 0.331 e. The first-order valence-corrected chi connectivity index (χ1v) is 2.55. The minimum Gasteiger partial charge on any atom is -0.478 e. The Balaban J connectivity index is 4.47. The molecule has 1 N–H and O–H groups in total. The predicted octanol–water partition coefficient (Wildman–Crippen LogP) is 1.40. The zero-order valence-corrected chi connectivity index (χ0v) is 5.51. The molecule has 0 fully saturated rings. The van der Waals surface area contributed by atoms with Gasteiger partial charge in [0.25, 0.3) is 0 Å². The first-order valence-electron chi connectivity index (χ1n) is 2.55. The van der Waals surface area contributed by atoms with Gasteiger partial charge < -0.3 is 5.11 Å². The van der Waals surface area contributed by atoms with Gasteiger partial charge in [0.1, 0.15) is 0 Å². The third kappa shape index (κ3) is 2.13. The molecule has 1 radical (unpaired) electrons. The quantitative estimate of drug-likeness (QED) is 0.447. The second kappa shape index (κ2) is 3.07. The second-order valence-corrected chi connectivity index (χ2v) is 1.78. The molecule has 0 aromatic carbocycles. The van der Waals surface area contributed by atoms with Crippen LogP contribution in [0.1, 0.15) is 13.8 Å². The van der Waals surface area contributed by atoms with Crippen LogP contribution in [0.25, 0.3) is 0 Å². The summed E-state index contributed by atoms with van der Waals surface area (Å²) >= 11 is 0. The Hall–Kier alpha value is -1.05. The van der Waals surface area contributed by atoms with E-state index in [1.807, 2.05) is 0 Å². The SMILES string of the molecule is [CH]=CC(C)=C(C)C(=O)O. The maximum atomic E-state index is 10.2. The topological polar surface area (TPSA) is 37.3 Å². The van der Waals surface area contributed by atoms with E-state index in [-0.39, 0.29) is 5.57 Å². The average molecular weight is 125 g/mol. The molecule has 0 aliphatic rings. The molecule has 0 aromatic rings. The average Bonchev–Trinajstić information content (AvgIpc) is 1.84. The molecule has 0 rings (SSSR count). The van der Waals surface area contributed by atoms with Crippen LogP contribution in [-0.2, 0) is 4.79 Å². The van der Waals surface area contributed by atoms with E-state index in [1.54, 1.807) is 6.92 Å². The highest BCUT2D eigenvalue weighted by Crippen LogP contribution is 2.02. The molecule has 0 spiro atoms. The van der Waals surface area contributed by atoms with Crippen molar-refractivity contribution < 1.29 is 9.90 Å². The molecular formula is C7H9O2. The Labute approximate surface area is 54.5 Å². The van der Waals surface area contributed by atoms with Crippen molar-refractivity contribution in [1.29, 1.82) is 0 Å². The Morgan fingerprint density at radius 1 is 1.56 bits per heavy atom. The van der Waals surface area contributed by atoms with Gasteiger partial charge in [0.15, 0.2) is 0 Å². The molecule has 0 saturated heterocycles. The van der Waals surface area contributed by atoms with Crippen LogP contribution in [0.5, 0.6) is 0 Å². The third-order valence-electron chi connectivity index (χ3n) is 1.16. The predicted molar refractivity (Wildman–Crippen MR) is 34.9 cm³/mol. The van der Waals surface area contributed by atoms with Crippen molar-refractivity contribution in [3.8, 4) is 0 Å². The largest absolute Gasteiger partial charge is 0.478 e. The highest BCUT2D eigenvalue weighted by molar-refractivity contribution is 5.87. The van der Waals surface area contributed by atoms with E-state index in [4.69, 9.17) is 11.7 Å². The van der Waals surface area contributed by atoms with E-state index >= 15 is 0 Å². The summed E-state index contributed by atoms with van der Waals surface area (Å²) in [6, 6.07) is 0. The van der Waals surface area contributed by atoms with Crippen molar-refractivity contribution in [3.63, 3.8) is 0 Å². The molecule has 0 amide bonds. The summed E-state index contributed by atoms with van der Waals surface area (Å²) in [6.45, 7) is 8.24. The molecule has 0 unspecified atom stereocenters. The molecule has 0 aromatic heterocycles. The molecule has 49 valence electrons. The van der Waals surface area contributed by atoms with Gasteiger partial charge in [-0.2, -0.15) is 0 Å². The number of carboxylic acid groups (broad SMARTS) is 1. The van der Waals surface area contributed by atoms with Crippen molar-refractivity contribution in [2.75, 3.05) is 0 Å². The number of hydrogen-bond acceptors (Lipinski definition) is 1. The molecule has 0 saturated carbocycles. The normalized spacial score (nSPS) is 12.2. The van der Waals surface area contributed by atoms with Crippen molar-refractivity contribution in [3.05, 3.63) is 23.8 Å². The summed E-state index contributed by atoms with van der Waals surface area (Å²) in [7, 11) is 0. The summed E-state index contributed by atoms with van der Waals surface area (Å²) < 4.78 is 0. The number of aliphatic carboxylic acids is 1. The number of carbonyl (C=O) groups is 1. The lowest BCUT2D eigenvalue weighted by Gasteiger charge is -1.93. The zero-order chi connectivity index (χ0) is 7.44. The van der Waals surface area contributed by atoms with Crippen molar-refractivity contribution in [2.45, 2.75) is 13.8 Å². The monoisotopic (exact) mass is 125 g/mol. The van der Waals surface area contributed by atoms with Crippen LogP contribution in [0, 0.1) is 6.58 Å². The lowest BCUT2D eigenvalue weighted by atomic mass is 10.1. The first kappa shape index (κ1) is 7.95. The standard InChI is InChI=1S/C7H9O2/c1-4-5(2)6(3)7(8)9/h1,4H,2-3H3,(H,8,9). The Morgan fingerprint density at radius 2 is 2.00 bits per heavy atom. The van der Waals surface area contributed by atoms with Crippen molar-refractivity contribution in [1.82, 2.24) is 0 Å². The van der Waals surface area contributed by atoms with Gasteiger partial charge >= 0.3 is 5.97 Å². The van der Waals surface area contributed by atoms with E-state index < -0.39 is 5.97 Å². The fourth-order valence-corrected chi connectivity index (χ4v) is 0.294. The third-order valence-corrected chi connectivity index (χ3v) is 1.16. The zero-order valence-electron chi connectivity index (χ0n) is 5.51. The summed E-state index contributed by atoms with van der Waals surface area (Å²) in [5.41, 5.74) is 0.889. The van der Waals surface area contributed by atoms with Gasteiger partial charge in [-0.3, -0.25) is 0 Å². The molecule has 9 heavy (non-hydrogen) atoms. The molecule has 2 heteroatoms. The van der Waals surface area contributed by atoms with Crippen LogP contribution in [-0.4, -0.2) is 11.1 Å². The number of hydrogen-bond donors (Lipinski definition) is 1. The highest BCUT2D eigenvalue weighted by Gasteiger charge is 2.00. The highest BCUT2D eigenvalue weighted by atomic mass is 16.4. The maximum absolute atomic E-state index is 10.2. The molecule has 2 nitrogen and oxygen atoms in total. The molecule has 0 atom stereocenters. The van der Waals surface area contributed by atoms with Gasteiger partial charge in [0.2, 0.25) is 0 Å². The second-order valence-electron chi connectivity index (χ2n) is 1.78. The van der Waals surface area contributed by atoms with Crippen LogP contribution < -0.4 is 0 Å². The molecule has 0 heterocycles. The fourth-order valence-electron chi connectivity index (χ4n) is 0.294. The van der Waals surface area contributed by atoms with E-state index in [0.29, 0.717) is 5.57 Å². The number of rotatable bonds is 2. The van der Waals surface area contributed by atoms with Crippen LogP contribution in [0.2, 0.25) is 0 Å². The lowest BCUT2D eigenvalue weighted by molar-refractivity contribution is -0.132. The Bertz CT molecular complexity index is 166. The van der Waals surface area contributed by atoms with E-state index in [0.717, 1.165) is 0 Å². The molecule has 0 aliphatic carbocycles.